The summed E-state index contributed by atoms with van der Waals surface area (Å²) in [6, 6.07) is 5.62. The lowest BCUT2D eigenvalue weighted by atomic mass is 10.3. The Bertz CT molecular complexity index is 619. The summed E-state index contributed by atoms with van der Waals surface area (Å²) in [4.78, 5) is 16.1. The lowest BCUT2D eigenvalue weighted by molar-refractivity contribution is -0.118. The van der Waals surface area contributed by atoms with E-state index < -0.39 is 5.54 Å². The summed E-state index contributed by atoms with van der Waals surface area (Å²) >= 11 is 1.42. The van der Waals surface area contributed by atoms with Crippen molar-refractivity contribution in [2.24, 2.45) is 5.73 Å². The van der Waals surface area contributed by atoms with Crippen molar-refractivity contribution in [3.05, 3.63) is 18.2 Å². The van der Waals surface area contributed by atoms with Gasteiger partial charge in [0.15, 0.2) is 5.13 Å². The molecule has 0 atom stereocenters. The van der Waals surface area contributed by atoms with Gasteiger partial charge in [-0.15, -0.1) is 0 Å². The maximum absolute atomic E-state index is 11.8. The number of nitrogens with zero attached hydrogens (tertiary/aromatic N) is 1. The van der Waals surface area contributed by atoms with Crippen LogP contribution in [-0.4, -0.2) is 23.5 Å². The van der Waals surface area contributed by atoms with Gasteiger partial charge in [0.1, 0.15) is 5.75 Å². The molecule has 1 aromatic heterocycles. The van der Waals surface area contributed by atoms with Gasteiger partial charge in [0.25, 0.3) is 0 Å². The number of amides is 1. The quantitative estimate of drug-likeness (QED) is 0.884. The zero-order valence-electron chi connectivity index (χ0n) is 9.90. The summed E-state index contributed by atoms with van der Waals surface area (Å²) in [6.45, 7) is 0. The van der Waals surface area contributed by atoms with Crippen LogP contribution in [0.5, 0.6) is 5.75 Å². The molecule has 0 unspecified atom stereocenters. The zero-order valence-corrected chi connectivity index (χ0v) is 10.7. The molecule has 0 saturated heterocycles. The van der Waals surface area contributed by atoms with Crippen LogP contribution in [-0.2, 0) is 4.79 Å². The summed E-state index contributed by atoms with van der Waals surface area (Å²) in [5.41, 5.74) is 6.00. The largest absolute Gasteiger partial charge is 0.497 e. The Balaban J connectivity index is 1.86. The average Bonchev–Trinajstić information content (AvgIpc) is 2.99. The zero-order chi connectivity index (χ0) is 12.8. The van der Waals surface area contributed by atoms with E-state index in [1.807, 2.05) is 18.2 Å². The lowest BCUT2D eigenvalue weighted by Crippen LogP contribution is -2.37. The highest BCUT2D eigenvalue weighted by Crippen LogP contribution is 2.35. The minimum atomic E-state index is -0.671. The number of thiazole rings is 1. The summed E-state index contributed by atoms with van der Waals surface area (Å²) in [5.74, 6) is 0.634. The predicted molar refractivity (Wildman–Crippen MR) is 71.0 cm³/mol. The maximum Gasteiger partial charge on any atom is 0.246 e. The third-order valence-corrected chi connectivity index (χ3v) is 3.99. The Hall–Kier alpha value is -1.66. The van der Waals surface area contributed by atoms with Crippen LogP contribution in [0.2, 0.25) is 0 Å². The maximum atomic E-state index is 11.8. The van der Waals surface area contributed by atoms with Gasteiger partial charge in [-0.25, -0.2) is 4.98 Å². The Labute approximate surface area is 108 Å². The lowest BCUT2D eigenvalue weighted by Gasteiger charge is -2.06. The highest BCUT2D eigenvalue weighted by Gasteiger charge is 2.46. The monoisotopic (exact) mass is 263 g/mol. The topological polar surface area (TPSA) is 77.2 Å². The van der Waals surface area contributed by atoms with Crippen molar-refractivity contribution in [3.8, 4) is 5.75 Å². The second-order valence-corrected chi connectivity index (χ2v) is 5.49. The van der Waals surface area contributed by atoms with Gasteiger partial charge in [-0.05, 0) is 31.0 Å². The second-order valence-electron chi connectivity index (χ2n) is 4.46. The molecule has 3 N–H and O–H groups in total. The number of hydrogen-bond donors (Lipinski definition) is 2. The molecule has 1 saturated carbocycles. The molecule has 1 heterocycles. The number of methoxy groups -OCH3 is 1. The summed E-state index contributed by atoms with van der Waals surface area (Å²) in [6.07, 6.45) is 1.50. The molecule has 0 bridgehead atoms. The van der Waals surface area contributed by atoms with E-state index in [4.69, 9.17) is 10.5 Å². The summed E-state index contributed by atoms with van der Waals surface area (Å²) in [7, 11) is 1.62. The Morgan fingerprint density at radius 1 is 1.56 bits per heavy atom. The average molecular weight is 263 g/mol. The molecule has 1 aliphatic carbocycles. The van der Waals surface area contributed by atoms with Crippen LogP contribution in [0.3, 0.4) is 0 Å². The minimum Gasteiger partial charge on any atom is -0.497 e. The van der Waals surface area contributed by atoms with E-state index in [0.717, 1.165) is 28.8 Å². The molecule has 1 amide bonds. The standard InChI is InChI=1S/C12H13N3O2S/c1-17-7-2-3-8-9(6-7)18-11(14-8)15-10(16)12(13)4-5-12/h2-3,6H,4-5,13H2,1H3,(H,14,15,16). The summed E-state index contributed by atoms with van der Waals surface area (Å²) < 4.78 is 6.13. The third-order valence-electron chi connectivity index (χ3n) is 3.06. The van der Waals surface area contributed by atoms with Crippen molar-refractivity contribution < 1.29 is 9.53 Å². The smallest absolute Gasteiger partial charge is 0.246 e. The first-order chi connectivity index (χ1) is 8.60. The van der Waals surface area contributed by atoms with Gasteiger partial charge in [0.05, 0.1) is 22.9 Å². The third kappa shape index (κ3) is 1.93. The van der Waals surface area contributed by atoms with Crippen molar-refractivity contribution in [1.29, 1.82) is 0 Å². The SMILES string of the molecule is COc1ccc2nc(NC(=O)C3(N)CC3)sc2c1. The van der Waals surface area contributed by atoms with Crippen molar-refractivity contribution >= 4 is 32.6 Å². The van der Waals surface area contributed by atoms with Crippen LogP contribution in [0.15, 0.2) is 18.2 Å². The Kier molecular flexibility index (Phi) is 2.49. The normalized spacial score (nSPS) is 16.6. The van der Waals surface area contributed by atoms with E-state index in [1.54, 1.807) is 7.11 Å². The molecule has 94 valence electrons. The molecule has 1 aromatic carbocycles. The van der Waals surface area contributed by atoms with Crippen LogP contribution in [0.4, 0.5) is 5.13 Å². The fourth-order valence-corrected chi connectivity index (χ4v) is 2.56. The molecule has 2 aromatic rings. The van der Waals surface area contributed by atoms with Crippen molar-refractivity contribution in [2.45, 2.75) is 18.4 Å². The molecule has 0 spiro atoms. The molecule has 1 fully saturated rings. The van der Waals surface area contributed by atoms with Gasteiger partial charge in [0.2, 0.25) is 5.91 Å². The molecule has 0 aliphatic heterocycles. The number of nitrogens with one attached hydrogen (secondary N) is 1. The van der Waals surface area contributed by atoms with Crippen molar-refractivity contribution in [2.75, 3.05) is 12.4 Å². The number of fused-ring (bicyclic) bond motifs is 1. The number of benzene rings is 1. The van der Waals surface area contributed by atoms with Gasteiger partial charge in [0, 0.05) is 0 Å². The van der Waals surface area contributed by atoms with Crippen LogP contribution < -0.4 is 15.8 Å². The first-order valence-electron chi connectivity index (χ1n) is 5.66. The van der Waals surface area contributed by atoms with E-state index >= 15 is 0 Å². The van der Waals surface area contributed by atoms with Crippen LogP contribution in [0.1, 0.15) is 12.8 Å². The highest BCUT2D eigenvalue weighted by molar-refractivity contribution is 7.22. The van der Waals surface area contributed by atoms with E-state index in [2.05, 4.69) is 10.3 Å². The van der Waals surface area contributed by atoms with Gasteiger partial charge < -0.3 is 15.8 Å². The predicted octanol–water partition coefficient (Wildman–Crippen LogP) is 1.73. The fourth-order valence-electron chi connectivity index (χ4n) is 1.67. The number of anilines is 1. The van der Waals surface area contributed by atoms with E-state index in [9.17, 15) is 4.79 Å². The van der Waals surface area contributed by atoms with Gasteiger partial charge >= 0.3 is 0 Å². The molecular weight excluding hydrogens is 250 g/mol. The Morgan fingerprint density at radius 3 is 3.00 bits per heavy atom. The van der Waals surface area contributed by atoms with E-state index in [0.29, 0.717) is 5.13 Å². The van der Waals surface area contributed by atoms with Gasteiger partial charge in [-0.3, -0.25) is 4.79 Å². The summed E-state index contributed by atoms with van der Waals surface area (Å²) in [5, 5.41) is 3.36. The minimum absolute atomic E-state index is 0.145. The van der Waals surface area contributed by atoms with Crippen molar-refractivity contribution in [3.63, 3.8) is 0 Å². The van der Waals surface area contributed by atoms with Gasteiger partial charge in [-0.1, -0.05) is 11.3 Å². The number of rotatable bonds is 3. The molecular formula is C12H13N3O2S. The Morgan fingerprint density at radius 2 is 2.33 bits per heavy atom. The molecule has 18 heavy (non-hydrogen) atoms. The fraction of sp³-hybridized carbons (Fsp3) is 0.333. The van der Waals surface area contributed by atoms with E-state index in [1.165, 1.54) is 11.3 Å². The van der Waals surface area contributed by atoms with Crippen LogP contribution in [0, 0.1) is 0 Å². The molecule has 5 nitrogen and oxygen atoms in total. The molecule has 6 heteroatoms. The first-order valence-corrected chi connectivity index (χ1v) is 6.47. The first kappa shape index (κ1) is 11.4. The number of carbonyl (C=O) groups is 1. The van der Waals surface area contributed by atoms with Crippen molar-refractivity contribution in [1.82, 2.24) is 4.98 Å². The van der Waals surface area contributed by atoms with Gasteiger partial charge in [-0.2, -0.15) is 0 Å². The number of nitrogens with two attached hydrogens (primary N) is 1. The number of carbonyl (C=O) groups excluding carboxylic acids is 1. The number of aromatic nitrogens is 1. The number of ether oxygens (including phenoxy) is 1. The molecule has 1 aliphatic rings. The second kappa shape index (κ2) is 3.93. The number of hydrogen-bond acceptors (Lipinski definition) is 5. The van der Waals surface area contributed by atoms with E-state index in [-0.39, 0.29) is 5.91 Å². The highest BCUT2D eigenvalue weighted by atomic mass is 32.1. The van der Waals surface area contributed by atoms with Crippen LogP contribution >= 0.6 is 11.3 Å². The van der Waals surface area contributed by atoms with Crippen LogP contribution in [0.25, 0.3) is 10.2 Å². The molecule has 3 rings (SSSR count). The molecule has 0 radical (unpaired) electrons.